The molecule has 33 heavy (non-hydrogen) atoms. The number of carbonyl (C=O) groups is 1. The molecule has 4 rings (SSSR count). The molecule has 0 aliphatic carbocycles. The van der Waals surface area contributed by atoms with E-state index in [1.807, 2.05) is 36.4 Å². The average molecular weight is 482 g/mol. The average Bonchev–Trinajstić information content (AvgIpc) is 3.13. The first-order valence-electron chi connectivity index (χ1n) is 10.5. The molecule has 0 saturated heterocycles. The molecule has 0 atom stereocenters. The first kappa shape index (κ1) is 23.2. The number of fused-ring (bicyclic) bond motifs is 1. The number of hydrogen-bond acceptors (Lipinski definition) is 5. The maximum Gasteiger partial charge on any atom is 0.263 e. The van der Waals surface area contributed by atoms with Crippen LogP contribution in [-0.2, 0) is 18.7 Å². The van der Waals surface area contributed by atoms with E-state index in [1.54, 1.807) is 31.7 Å². The molecule has 2 heterocycles. The van der Waals surface area contributed by atoms with Crippen LogP contribution in [0.2, 0.25) is 0 Å². The van der Waals surface area contributed by atoms with Crippen LogP contribution in [0.5, 0.6) is 0 Å². The molecule has 1 amide bonds. The SMILES string of the molecule is Cc1c(C(=O)N(C)C)sc2nc(SCc3cccc(F)c3)n(CCc3ccccc3)c(=O)c12. The Bertz CT molecular complexity index is 1360. The van der Waals surface area contributed by atoms with E-state index in [0.29, 0.717) is 44.5 Å². The molecule has 2 aromatic carbocycles. The largest absolute Gasteiger partial charge is 0.344 e. The van der Waals surface area contributed by atoms with E-state index in [1.165, 1.54) is 40.1 Å². The minimum atomic E-state index is -0.293. The highest BCUT2D eigenvalue weighted by atomic mass is 32.2. The number of halogens is 1. The van der Waals surface area contributed by atoms with E-state index >= 15 is 0 Å². The summed E-state index contributed by atoms with van der Waals surface area (Å²) < 4.78 is 15.3. The number of thioether (sulfide) groups is 1. The topological polar surface area (TPSA) is 55.2 Å². The van der Waals surface area contributed by atoms with Gasteiger partial charge in [0, 0.05) is 26.4 Å². The van der Waals surface area contributed by atoms with Crippen molar-refractivity contribution in [3.63, 3.8) is 0 Å². The number of nitrogens with zero attached hydrogens (tertiary/aromatic N) is 3. The van der Waals surface area contributed by atoms with Crippen molar-refractivity contribution in [3.05, 3.63) is 92.3 Å². The van der Waals surface area contributed by atoms with Gasteiger partial charge in [-0.15, -0.1) is 11.3 Å². The molecule has 0 N–H and O–H groups in total. The van der Waals surface area contributed by atoms with Crippen molar-refractivity contribution in [2.45, 2.75) is 30.8 Å². The second-order valence-electron chi connectivity index (χ2n) is 7.94. The lowest BCUT2D eigenvalue weighted by atomic mass is 10.1. The van der Waals surface area contributed by atoms with Crippen molar-refractivity contribution in [2.75, 3.05) is 14.1 Å². The first-order valence-corrected chi connectivity index (χ1v) is 12.3. The summed E-state index contributed by atoms with van der Waals surface area (Å²) in [6.07, 6.45) is 0.675. The first-order chi connectivity index (χ1) is 15.8. The number of aryl methyl sites for hydroxylation is 2. The van der Waals surface area contributed by atoms with Crippen LogP contribution in [0.4, 0.5) is 4.39 Å². The van der Waals surface area contributed by atoms with Crippen LogP contribution < -0.4 is 5.56 Å². The third kappa shape index (κ3) is 5.02. The van der Waals surface area contributed by atoms with E-state index < -0.39 is 0 Å². The van der Waals surface area contributed by atoms with E-state index in [2.05, 4.69) is 0 Å². The predicted octanol–water partition coefficient (Wildman–Crippen LogP) is 5.14. The van der Waals surface area contributed by atoms with E-state index in [9.17, 15) is 14.0 Å². The lowest BCUT2D eigenvalue weighted by molar-refractivity contribution is 0.0831. The van der Waals surface area contributed by atoms with E-state index in [0.717, 1.165) is 11.1 Å². The number of thiophene rings is 1. The Hall–Kier alpha value is -2.97. The minimum absolute atomic E-state index is 0.139. The van der Waals surface area contributed by atoms with Gasteiger partial charge in [0.2, 0.25) is 0 Å². The smallest absolute Gasteiger partial charge is 0.263 e. The van der Waals surface area contributed by atoms with Crippen molar-refractivity contribution in [3.8, 4) is 0 Å². The van der Waals surface area contributed by atoms with Gasteiger partial charge in [0.15, 0.2) is 5.16 Å². The number of amides is 1. The molecule has 0 spiro atoms. The summed E-state index contributed by atoms with van der Waals surface area (Å²) in [5.41, 5.74) is 2.46. The number of benzene rings is 2. The predicted molar refractivity (Wildman–Crippen MR) is 133 cm³/mol. The Kier molecular flexibility index (Phi) is 6.95. The molecule has 0 saturated carbocycles. The monoisotopic (exact) mass is 481 g/mol. The van der Waals surface area contributed by atoms with E-state index in [-0.39, 0.29) is 17.3 Å². The van der Waals surface area contributed by atoms with Gasteiger partial charge in [0.25, 0.3) is 11.5 Å². The van der Waals surface area contributed by atoms with Crippen molar-refractivity contribution >= 4 is 39.2 Å². The molecule has 2 aromatic heterocycles. The summed E-state index contributed by atoms with van der Waals surface area (Å²) in [5.74, 6) is 0.0490. The van der Waals surface area contributed by atoms with Crippen molar-refractivity contribution in [2.24, 2.45) is 0 Å². The Morgan fingerprint density at radius 2 is 1.85 bits per heavy atom. The molecule has 0 aliphatic rings. The van der Waals surface area contributed by atoms with Crippen LogP contribution in [0.15, 0.2) is 64.5 Å². The summed E-state index contributed by atoms with van der Waals surface area (Å²) in [7, 11) is 3.38. The van der Waals surface area contributed by atoms with Gasteiger partial charge in [0.1, 0.15) is 10.6 Å². The summed E-state index contributed by atoms with van der Waals surface area (Å²) in [5, 5.41) is 1.06. The van der Waals surface area contributed by atoms with Crippen molar-refractivity contribution in [1.82, 2.24) is 14.5 Å². The standard InChI is InChI=1S/C25H24FN3O2S2/c1-16-20-22(33-21(16)24(31)28(2)3)27-25(32-15-18-10-7-11-19(26)14-18)29(23(20)30)13-12-17-8-5-4-6-9-17/h4-11,14H,12-13,15H2,1-3H3. The zero-order valence-corrected chi connectivity index (χ0v) is 20.3. The number of aromatic nitrogens is 2. The van der Waals surface area contributed by atoms with Gasteiger partial charge in [0.05, 0.1) is 10.3 Å². The molecule has 5 nitrogen and oxygen atoms in total. The number of carbonyl (C=O) groups excluding carboxylic acids is 1. The maximum absolute atomic E-state index is 13.6. The van der Waals surface area contributed by atoms with Gasteiger partial charge < -0.3 is 4.90 Å². The maximum atomic E-state index is 13.6. The van der Waals surface area contributed by atoms with Crippen molar-refractivity contribution < 1.29 is 9.18 Å². The third-order valence-corrected chi connectivity index (χ3v) is 7.56. The molecule has 170 valence electrons. The molecule has 0 radical (unpaired) electrons. The Balaban J connectivity index is 1.76. The zero-order chi connectivity index (χ0) is 23.5. The Morgan fingerprint density at radius 1 is 1.12 bits per heavy atom. The van der Waals surface area contributed by atoms with Crippen LogP contribution in [-0.4, -0.2) is 34.5 Å². The highest BCUT2D eigenvalue weighted by Gasteiger charge is 2.22. The molecule has 0 unspecified atom stereocenters. The van der Waals surface area contributed by atoms with Crippen LogP contribution in [0.1, 0.15) is 26.4 Å². The number of hydrogen-bond donors (Lipinski definition) is 0. The van der Waals surface area contributed by atoms with Gasteiger partial charge in [-0.1, -0.05) is 54.2 Å². The highest BCUT2D eigenvalue weighted by Crippen LogP contribution is 2.31. The molecule has 0 bridgehead atoms. The van der Waals surface area contributed by atoms with Crippen LogP contribution in [0.3, 0.4) is 0 Å². The highest BCUT2D eigenvalue weighted by molar-refractivity contribution is 7.98. The second-order valence-corrected chi connectivity index (χ2v) is 9.88. The van der Waals surface area contributed by atoms with Crippen LogP contribution in [0, 0.1) is 12.7 Å². The Labute approximate surface area is 199 Å². The minimum Gasteiger partial charge on any atom is -0.344 e. The van der Waals surface area contributed by atoms with Gasteiger partial charge in [-0.2, -0.15) is 0 Å². The summed E-state index contributed by atoms with van der Waals surface area (Å²) in [4.78, 5) is 33.6. The lowest BCUT2D eigenvalue weighted by Gasteiger charge is -2.12. The molecule has 0 fully saturated rings. The molecule has 0 aliphatic heterocycles. The number of rotatable bonds is 7. The summed E-state index contributed by atoms with van der Waals surface area (Å²) in [6, 6.07) is 16.4. The molecule has 4 aromatic rings. The van der Waals surface area contributed by atoms with Crippen LogP contribution >= 0.6 is 23.1 Å². The molecular weight excluding hydrogens is 457 g/mol. The molecular formula is C25H24FN3O2S2. The normalized spacial score (nSPS) is 11.2. The quantitative estimate of drug-likeness (QED) is 0.271. The fourth-order valence-electron chi connectivity index (χ4n) is 3.57. The van der Waals surface area contributed by atoms with Gasteiger partial charge >= 0.3 is 0 Å². The molecule has 8 heteroatoms. The summed E-state index contributed by atoms with van der Waals surface area (Å²) >= 11 is 2.65. The van der Waals surface area contributed by atoms with Gasteiger partial charge in [-0.3, -0.25) is 14.2 Å². The van der Waals surface area contributed by atoms with E-state index in [4.69, 9.17) is 4.98 Å². The summed E-state index contributed by atoms with van der Waals surface area (Å²) in [6.45, 7) is 2.27. The fraction of sp³-hybridized carbons (Fsp3) is 0.240. The van der Waals surface area contributed by atoms with Gasteiger partial charge in [-0.05, 0) is 42.2 Å². The zero-order valence-electron chi connectivity index (χ0n) is 18.7. The van der Waals surface area contributed by atoms with Crippen molar-refractivity contribution in [1.29, 1.82) is 0 Å². The second kappa shape index (κ2) is 9.89. The van der Waals surface area contributed by atoms with Gasteiger partial charge in [-0.25, -0.2) is 9.37 Å². The van der Waals surface area contributed by atoms with Crippen LogP contribution in [0.25, 0.3) is 10.2 Å². The third-order valence-electron chi connectivity index (χ3n) is 5.34. The lowest BCUT2D eigenvalue weighted by Crippen LogP contribution is -2.25. The Morgan fingerprint density at radius 3 is 2.55 bits per heavy atom. The fourth-order valence-corrected chi connectivity index (χ4v) is 5.78.